The maximum atomic E-state index is 13.1. The van der Waals surface area contributed by atoms with Crippen LogP contribution < -0.4 is 5.32 Å². The van der Waals surface area contributed by atoms with Crippen LogP contribution in [0.3, 0.4) is 0 Å². The number of carbonyl (C=O) groups excluding carboxylic acids is 2. The second-order valence-corrected chi connectivity index (χ2v) is 6.92. The van der Waals surface area contributed by atoms with Gasteiger partial charge in [0.25, 0.3) is 5.91 Å². The highest BCUT2D eigenvalue weighted by atomic mass is 35.5. The first-order valence-corrected chi connectivity index (χ1v) is 9.49. The van der Waals surface area contributed by atoms with Crippen molar-refractivity contribution in [3.8, 4) is 0 Å². The number of amides is 1. The maximum absolute atomic E-state index is 13.1. The summed E-state index contributed by atoms with van der Waals surface area (Å²) in [4.78, 5) is 27.7. The first-order valence-electron chi connectivity index (χ1n) is 9.49. The molecule has 0 spiro atoms. The van der Waals surface area contributed by atoms with Crippen LogP contribution in [0.4, 0.5) is 4.39 Å². The average Bonchev–Trinajstić information content (AvgIpc) is 2.72. The van der Waals surface area contributed by atoms with Gasteiger partial charge in [0, 0.05) is 24.2 Å². The summed E-state index contributed by atoms with van der Waals surface area (Å²) >= 11 is 0. The third-order valence-electron chi connectivity index (χ3n) is 5.09. The average molecular weight is 405 g/mol. The number of nitrogens with zero attached hydrogens (tertiary/aromatic N) is 1. The lowest BCUT2D eigenvalue weighted by atomic mass is 9.94. The molecule has 0 saturated carbocycles. The molecule has 4 nitrogen and oxygen atoms in total. The van der Waals surface area contributed by atoms with Gasteiger partial charge in [0.1, 0.15) is 5.82 Å². The molecule has 28 heavy (non-hydrogen) atoms. The van der Waals surface area contributed by atoms with Gasteiger partial charge < -0.3 is 10.2 Å². The van der Waals surface area contributed by atoms with Crippen LogP contribution in [0.15, 0.2) is 48.5 Å². The number of nitrogens with one attached hydrogen (secondary N) is 1. The van der Waals surface area contributed by atoms with Crippen LogP contribution in [0.25, 0.3) is 0 Å². The smallest absolute Gasteiger partial charge is 0.254 e. The van der Waals surface area contributed by atoms with Gasteiger partial charge in [-0.05, 0) is 62.2 Å². The van der Waals surface area contributed by atoms with Crippen molar-refractivity contribution >= 4 is 24.1 Å². The topological polar surface area (TPSA) is 49.4 Å². The van der Waals surface area contributed by atoms with Crippen molar-refractivity contribution < 1.29 is 14.0 Å². The van der Waals surface area contributed by atoms with Crippen LogP contribution in [-0.4, -0.2) is 42.8 Å². The van der Waals surface area contributed by atoms with Crippen molar-refractivity contribution in [3.05, 3.63) is 71.0 Å². The van der Waals surface area contributed by atoms with E-state index in [1.165, 1.54) is 24.3 Å². The minimum atomic E-state index is -0.392. The Morgan fingerprint density at radius 2 is 1.64 bits per heavy atom. The van der Waals surface area contributed by atoms with E-state index >= 15 is 0 Å². The van der Waals surface area contributed by atoms with Gasteiger partial charge >= 0.3 is 0 Å². The first kappa shape index (κ1) is 22.1. The predicted octanol–water partition coefficient (Wildman–Crippen LogP) is 3.94. The fourth-order valence-electron chi connectivity index (χ4n) is 3.48. The third kappa shape index (κ3) is 5.18. The number of ketones is 1. The largest absolute Gasteiger partial charge is 0.339 e. The molecule has 2 aromatic carbocycles. The van der Waals surface area contributed by atoms with Gasteiger partial charge in [-0.15, -0.1) is 12.4 Å². The Bertz CT molecular complexity index is 802. The lowest BCUT2D eigenvalue weighted by molar-refractivity contribution is 0.0687. The van der Waals surface area contributed by atoms with Gasteiger partial charge in [0.2, 0.25) is 0 Å². The Morgan fingerprint density at radius 1 is 1.04 bits per heavy atom. The minimum Gasteiger partial charge on any atom is -0.339 e. The first-order chi connectivity index (χ1) is 13.1. The molecule has 0 bridgehead atoms. The molecular formula is C22H26ClFN2O2. The maximum Gasteiger partial charge on any atom is 0.254 e. The number of piperidine rings is 1. The van der Waals surface area contributed by atoms with E-state index in [0.717, 1.165) is 25.9 Å². The van der Waals surface area contributed by atoms with Gasteiger partial charge in [0.05, 0.1) is 5.56 Å². The SMILES string of the molecule is CCNCC1CCN(C(=O)c2ccccc2C(=O)c2ccc(F)cc2)CC1.Cl. The third-order valence-corrected chi connectivity index (χ3v) is 5.09. The highest BCUT2D eigenvalue weighted by Gasteiger charge is 2.26. The predicted molar refractivity (Wildman–Crippen MR) is 111 cm³/mol. The summed E-state index contributed by atoms with van der Waals surface area (Å²) in [7, 11) is 0. The molecule has 0 radical (unpaired) electrons. The van der Waals surface area contributed by atoms with Crippen molar-refractivity contribution in [2.75, 3.05) is 26.2 Å². The zero-order chi connectivity index (χ0) is 19.2. The minimum absolute atomic E-state index is 0. The van der Waals surface area contributed by atoms with E-state index in [2.05, 4.69) is 12.2 Å². The Morgan fingerprint density at radius 3 is 2.25 bits per heavy atom. The normalized spacial score (nSPS) is 14.4. The van der Waals surface area contributed by atoms with E-state index in [1.54, 1.807) is 24.3 Å². The van der Waals surface area contributed by atoms with Crippen molar-refractivity contribution in [1.29, 1.82) is 0 Å². The molecule has 0 aromatic heterocycles. The highest BCUT2D eigenvalue weighted by Crippen LogP contribution is 2.21. The Hall–Kier alpha value is -2.24. The summed E-state index contributed by atoms with van der Waals surface area (Å²) in [5.41, 5.74) is 1.15. The summed E-state index contributed by atoms with van der Waals surface area (Å²) in [5, 5.41) is 3.37. The van der Waals surface area contributed by atoms with Gasteiger partial charge in [-0.1, -0.05) is 25.1 Å². The van der Waals surface area contributed by atoms with Crippen LogP contribution in [0, 0.1) is 11.7 Å². The van der Waals surface area contributed by atoms with Gasteiger partial charge in [0.15, 0.2) is 5.78 Å². The summed E-state index contributed by atoms with van der Waals surface area (Å²) in [5.74, 6) is -0.176. The number of benzene rings is 2. The van der Waals surface area contributed by atoms with Crippen LogP contribution in [0.2, 0.25) is 0 Å². The lowest BCUT2D eigenvalue weighted by Gasteiger charge is -2.32. The van der Waals surface area contributed by atoms with Crippen LogP contribution in [-0.2, 0) is 0 Å². The van der Waals surface area contributed by atoms with E-state index in [9.17, 15) is 14.0 Å². The summed E-state index contributed by atoms with van der Waals surface area (Å²) in [6.45, 7) is 5.44. The number of halogens is 2. The van der Waals surface area contributed by atoms with Crippen molar-refractivity contribution in [2.45, 2.75) is 19.8 Å². The molecule has 1 fully saturated rings. The zero-order valence-electron chi connectivity index (χ0n) is 16.0. The summed E-state index contributed by atoms with van der Waals surface area (Å²) in [6.07, 6.45) is 1.93. The van der Waals surface area contributed by atoms with E-state index in [-0.39, 0.29) is 24.1 Å². The summed E-state index contributed by atoms with van der Waals surface area (Å²) < 4.78 is 13.1. The van der Waals surface area contributed by atoms with Crippen LogP contribution in [0.1, 0.15) is 46.0 Å². The molecule has 1 aliphatic rings. The fourth-order valence-corrected chi connectivity index (χ4v) is 3.48. The zero-order valence-corrected chi connectivity index (χ0v) is 16.8. The quantitative estimate of drug-likeness (QED) is 0.742. The lowest BCUT2D eigenvalue weighted by Crippen LogP contribution is -2.41. The molecule has 0 atom stereocenters. The monoisotopic (exact) mass is 404 g/mol. The van der Waals surface area contributed by atoms with E-state index in [4.69, 9.17) is 0 Å². The molecule has 1 amide bonds. The van der Waals surface area contributed by atoms with E-state index in [0.29, 0.717) is 35.7 Å². The van der Waals surface area contributed by atoms with E-state index in [1.807, 2.05) is 4.90 Å². The van der Waals surface area contributed by atoms with Gasteiger partial charge in [-0.2, -0.15) is 0 Å². The molecular weight excluding hydrogens is 379 g/mol. The molecule has 2 aromatic rings. The molecule has 1 heterocycles. The van der Waals surface area contributed by atoms with E-state index < -0.39 is 5.82 Å². The second-order valence-electron chi connectivity index (χ2n) is 6.92. The molecule has 6 heteroatoms. The summed E-state index contributed by atoms with van der Waals surface area (Å²) in [6, 6.07) is 12.3. The molecule has 3 rings (SSSR count). The van der Waals surface area contributed by atoms with Crippen LogP contribution >= 0.6 is 12.4 Å². The number of hydrogen-bond acceptors (Lipinski definition) is 3. The number of hydrogen-bond donors (Lipinski definition) is 1. The fraction of sp³-hybridized carbons (Fsp3) is 0.364. The van der Waals surface area contributed by atoms with Crippen molar-refractivity contribution in [3.63, 3.8) is 0 Å². The Labute approximate surface area is 171 Å². The second kappa shape index (κ2) is 10.3. The number of likely N-dealkylation sites (tertiary alicyclic amines) is 1. The van der Waals surface area contributed by atoms with Crippen molar-refractivity contribution in [1.82, 2.24) is 10.2 Å². The number of rotatable bonds is 6. The molecule has 1 saturated heterocycles. The Kier molecular flexibility index (Phi) is 8.15. The van der Waals surface area contributed by atoms with Crippen LogP contribution in [0.5, 0.6) is 0 Å². The molecule has 0 aliphatic carbocycles. The van der Waals surface area contributed by atoms with Gasteiger partial charge in [-0.3, -0.25) is 9.59 Å². The standard InChI is InChI=1S/C22H25FN2O2.ClH/c1-2-24-15-16-11-13-25(14-12-16)22(27)20-6-4-3-5-19(20)21(26)17-7-9-18(23)10-8-17;/h3-10,16,24H,2,11-15H2,1H3;1H. The Balaban J connectivity index is 0.00000280. The molecule has 0 unspecified atom stereocenters. The van der Waals surface area contributed by atoms with Crippen molar-refractivity contribution in [2.24, 2.45) is 5.92 Å². The molecule has 1 N–H and O–H groups in total. The van der Waals surface area contributed by atoms with Gasteiger partial charge in [-0.25, -0.2) is 4.39 Å². The molecule has 150 valence electrons. The number of carbonyl (C=O) groups is 2. The highest BCUT2D eigenvalue weighted by molar-refractivity contribution is 6.15. The molecule has 1 aliphatic heterocycles.